The van der Waals surface area contributed by atoms with Crippen LogP contribution in [-0.2, 0) is 32.3 Å². The van der Waals surface area contributed by atoms with Crippen molar-refractivity contribution in [3.05, 3.63) is 71.8 Å². The highest BCUT2D eigenvalue weighted by Gasteiger charge is 2.23. The summed E-state index contributed by atoms with van der Waals surface area (Å²) in [5.74, 6) is -0.344. The molecule has 194 valence electrons. The van der Waals surface area contributed by atoms with Crippen LogP contribution in [0.3, 0.4) is 0 Å². The van der Waals surface area contributed by atoms with Crippen molar-refractivity contribution >= 4 is 45.6 Å². The fourth-order valence-electron chi connectivity index (χ4n) is 2.76. The van der Waals surface area contributed by atoms with Gasteiger partial charge in [-0.05, 0) is 11.1 Å². The van der Waals surface area contributed by atoms with E-state index in [0.717, 1.165) is 11.1 Å². The van der Waals surface area contributed by atoms with Gasteiger partial charge in [-0.2, -0.15) is 0 Å². The Morgan fingerprint density at radius 3 is 1.36 bits per heavy atom. The number of amides is 4. The summed E-state index contributed by atoms with van der Waals surface area (Å²) < 4.78 is 10.4. The predicted octanol–water partition coefficient (Wildman–Crippen LogP) is 2.45. The first kappa shape index (κ1) is 28.9. The summed E-state index contributed by atoms with van der Waals surface area (Å²) in [6, 6.07) is 16.7. The SMILES string of the molecule is CNC(=O)[C@H](CSSC[C@H](NC(=O)OCc1ccccc1)C(=O)NC)NC(=O)OCc1ccccc1. The van der Waals surface area contributed by atoms with E-state index in [1.54, 1.807) is 0 Å². The Bertz CT molecular complexity index is 902. The van der Waals surface area contributed by atoms with Gasteiger partial charge in [-0.15, -0.1) is 0 Å². The molecule has 2 aromatic rings. The number of alkyl carbamates (subject to hydrolysis) is 2. The third kappa shape index (κ3) is 10.9. The lowest BCUT2D eigenvalue weighted by molar-refractivity contribution is -0.122. The molecule has 0 fully saturated rings. The molecule has 0 saturated carbocycles. The van der Waals surface area contributed by atoms with E-state index in [0.29, 0.717) is 0 Å². The molecule has 12 heteroatoms. The molecule has 4 amide bonds. The molecule has 0 aliphatic heterocycles. The van der Waals surface area contributed by atoms with Crippen molar-refractivity contribution in [2.24, 2.45) is 0 Å². The van der Waals surface area contributed by atoms with E-state index in [2.05, 4.69) is 21.3 Å². The molecule has 4 N–H and O–H groups in total. The van der Waals surface area contributed by atoms with Crippen LogP contribution in [-0.4, -0.2) is 61.7 Å². The maximum Gasteiger partial charge on any atom is 0.408 e. The zero-order valence-electron chi connectivity index (χ0n) is 20.0. The number of carbonyl (C=O) groups is 4. The molecule has 2 atom stereocenters. The van der Waals surface area contributed by atoms with Crippen molar-refractivity contribution in [1.29, 1.82) is 0 Å². The molecule has 2 aromatic carbocycles. The largest absolute Gasteiger partial charge is 0.445 e. The molecule has 0 unspecified atom stereocenters. The third-order valence-electron chi connectivity index (χ3n) is 4.69. The maximum atomic E-state index is 12.2. The number of nitrogens with one attached hydrogen (secondary N) is 4. The van der Waals surface area contributed by atoms with Gasteiger partial charge >= 0.3 is 12.2 Å². The first-order valence-corrected chi connectivity index (χ1v) is 13.5. The van der Waals surface area contributed by atoms with Gasteiger partial charge in [0.15, 0.2) is 0 Å². The zero-order valence-corrected chi connectivity index (χ0v) is 21.7. The van der Waals surface area contributed by atoms with Crippen LogP contribution < -0.4 is 21.3 Å². The van der Waals surface area contributed by atoms with E-state index in [1.807, 2.05) is 60.7 Å². The van der Waals surface area contributed by atoms with Gasteiger partial charge in [0.25, 0.3) is 0 Å². The first-order chi connectivity index (χ1) is 17.4. The van der Waals surface area contributed by atoms with Gasteiger partial charge in [0.05, 0.1) is 0 Å². The molecule has 2 rings (SSSR count). The zero-order chi connectivity index (χ0) is 26.2. The first-order valence-electron chi connectivity index (χ1n) is 11.0. The second kappa shape index (κ2) is 16.3. The minimum absolute atomic E-state index is 0.0783. The van der Waals surface area contributed by atoms with Crippen LogP contribution in [0.1, 0.15) is 11.1 Å². The molecule has 0 spiro atoms. The highest BCUT2D eigenvalue weighted by Crippen LogP contribution is 2.23. The van der Waals surface area contributed by atoms with Crippen molar-refractivity contribution in [2.45, 2.75) is 25.3 Å². The summed E-state index contributed by atoms with van der Waals surface area (Å²) in [4.78, 5) is 48.7. The van der Waals surface area contributed by atoms with Crippen LogP contribution in [0.5, 0.6) is 0 Å². The molecule has 0 saturated heterocycles. The monoisotopic (exact) mass is 534 g/mol. The Balaban J connectivity index is 1.78. The Hall–Kier alpha value is -3.38. The molecule has 0 aliphatic rings. The number of carbonyl (C=O) groups excluding carboxylic acids is 4. The van der Waals surface area contributed by atoms with Gasteiger partial charge in [-0.3, -0.25) is 9.59 Å². The van der Waals surface area contributed by atoms with Crippen molar-refractivity contribution in [3.63, 3.8) is 0 Å². The molecule has 0 bridgehead atoms. The molecule has 36 heavy (non-hydrogen) atoms. The molecule has 0 heterocycles. The van der Waals surface area contributed by atoms with Crippen molar-refractivity contribution in [3.8, 4) is 0 Å². The number of hydrogen-bond acceptors (Lipinski definition) is 8. The lowest BCUT2D eigenvalue weighted by Gasteiger charge is -2.18. The smallest absolute Gasteiger partial charge is 0.408 e. The summed E-state index contributed by atoms with van der Waals surface area (Å²) in [7, 11) is 5.47. The lowest BCUT2D eigenvalue weighted by Crippen LogP contribution is -2.48. The van der Waals surface area contributed by atoms with Crippen LogP contribution in [0.4, 0.5) is 9.59 Å². The second-order valence-electron chi connectivity index (χ2n) is 7.31. The minimum atomic E-state index is -0.849. The predicted molar refractivity (Wildman–Crippen MR) is 140 cm³/mol. The van der Waals surface area contributed by atoms with E-state index in [-0.39, 0.29) is 36.5 Å². The molecule has 0 aliphatic carbocycles. The minimum Gasteiger partial charge on any atom is -0.445 e. The van der Waals surface area contributed by atoms with Crippen LogP contribution in [0.25, 0.3) is 0 Å². The Labute approximate surface area is 218 Å². The van der Waals surface area contributed by atoms with E-state index in [4.69, 9.17) is 9.47 Å². The fraction of sp³-hybridized carbons (Fsp3) is 0.333. The molecular weight excluding hydrogens is 504 g/mol. The molecule has 0 radical (unpaired) electrons. The average molecular weight is 535 g/mol. The van der Waals surface area contributed by atoms with Crippen molar-refractivity contribution in [1.82, 2.24) is 21.3 Å². The standard InChI is InChI=1S/C24H30N4O6S2/c1-25-21(29)19(27-23(31)33-13-17-9-5-3-6-10-17)15-35-36-16-20(22(30)26-2)28-24(32)34-14-18-11-7-4-8-12-18/h3-12,19-20H,13-16H2,1-2H3,(H,25,29)(H,26,30)(H,27,31)(H,28,32)/t19-,20-/m0/s1. The topological polar surface area (TPSA) is 135 Å². The van der Waals surface area contributed by atoms with Gasteiger partial charge in [0, 0.05) is 25.6 Å². The van der Waals surface area contributed by atoms with Crippen LogP contribution in [0.15, 0.2) is 60.7 Å². The average Bonchev–Trinajstić information content (AvgIpc) is 2.91. The molecule has 10 nitrogen and oxygen atoms in total. The van der Waals surface area contributed by atoms with Crippen LogP contribution in [0, 0.1) is 0 Å². The van der Waals surface area contributed by atoms with E-state index >= 15 is 0 Å². The quantitative estimate of drug-likeness (QED) is 0.227. The number of rotatable bonds is 13. The number of benzene rings is 2. The van der Waals surface area contributed by atoms with Crippen molar-refractivity contribution in [2.75, 3.05) is 25.6 Å². The van der Waals surface area contributed by atoms with Gasteiger partial charge in [-0.1, -0.05) is 82.3 Å². The number of likely N-dealkylation sites (N-methyl/N-ethyl adjacent to an activating group) is 2. The Morgan fingerprint density at radius 2 is 1.03 bits per heavy atom. The van der Waals surface area contributed by atoms with Crippen LogP contribution >= 0.6 is 21.6 Å². The second-order valence-corrected chi connectivity index (χ2v) is 9.87. The summed E-state index contributed by atoms with van der Waals surface area (Å²) in [5.41, 5.74) is 1.65. The molecule has 0 aromatic heterocycles. The molecular formula is C24H30N4O6S2. The summed E-state index contributed by atoms with van der Waals surface area (Å²) in [5, 5.41) is 10.1. The van der Waals surface area contributed by atoms with Gasteiger partial charge in [-0.25, -0.2) is 9.59 Å². The number of ether oxygens (including phenoxy) is 2. The van der Waals surface area contributed by atoms with Crippen LogP contribution in [0.2, 0.25) is 0 Å². The fourth-order valence-corrected chi connectivity index (χ4v) is 5.09. The van der Waals surface area contributed by atoms with E-state index in [1.165, 1.54) is 35.7 Å². The highest BCUT2D eigenvalue weighted by molar-refractivity contribution is 8.76. The van der Waals surface area contributed by atoms with Gasteiger partial charge in [0.2, 0.25) is 11.8 Å². The lowest BCUT2D eigenvalue weighted by atomic mass is 10.2. The third-order valence-corrected chi connectivity index (χ3v) is 7.11. The normalized spacial score (nSPS) is 11.9. The van der Waals surface area contributed by atoms with Gasteiger partial charge < -0.3 is 30.7 Å². The van der Waals surface area contributed by atoms with E-state index < -0.39 is 24.3 Å². The van der Waals surface area contributed by atoms with Gasteiger partial charge in [0.1, 0.15) is 25.3 Å². The maximum absolute atomic E-state index is 12.2. The Morgan fingerprint density at radius 1 is 0.667 bits per heavy atom. The Kier molecular flexibility index (Phi) is 13.1. The summed E-state index contributed by atoms with van der Waals surface area (Å²) >= 11 is 0. The van der Waals surface area contributed by atoms with E-state index in [9.17, 15) is 19.2 Å². The highest BCUT2D eigenvalue weighted by atomic mass is 33.1. The summed E-state index contributed by atoms with van der Waals surface area (Å²) in [6.07, 6.45) is -1.44. The van der Waals surface area contributed by atoms with Crippen molar-refractivity contribution < 1.29 is 28.7 Å². The number of hydrogen-bond donors (Lipinski definition) is 4. The summed E-state index contributed by atoms with van der Waals surface area (Å²) in [6.45, 7) is 0.157.